The quantitative estimate of drug-likeness (QED) is 0.312. The van der Waals surface area contributed by atoms with Gasteiger partial charge in [-0.3, -0.25) is 9.59 Å². The molecule has 0 aliphatic carbocycles. The summed E-state index contributed by atoms with van der Waals surface area (Å²) in [7, 11) is -3.93. The Bertz CT molecular complexity index is 1280. The molecule has 182 valence electrons. The van der Waals surface area contributed by atoms with E-state index < -0.39 is 28.4 Å². The van der Waals surface area contributed by atoms with E-state index in [1.807, 2.05) is 13.0 Å². The van der Waals surface area contributed by atoms with Crippen LogP contribution in [0.3, 0.4) is 0 Å². The number of carbonyl (C=O) groups is 2. The maximum Gasteiger partial charge on any atom is 0.255 e. The van der Waals surface area contributed by atoms with Crippen molar-refractivity contribution in [3.05, 3.63) is 95.6 Å². The van der Waals surface area contributed by atoms with Crippen molar-refractivity contribution in [3.63, 3.8) is 0 Å². The van der Waals surface area contributed by atoms with Crippen LogP contribution in [0.4, 0.5) is 0 Å². The Morgan fingerprint density at radius 2 is 1.66 bits per heavy atom. The van der Waals surface area contributed by atoms with Crippen molar-refractivity contribution >= 4 is 28.1 Å². The van der Waals surface area contributed by atoms with Crippen LogP contribution >= 0.6 is 0 Å². The number of rotatable bonds is 11. The summed E-state index contributed by atoms with van der Waals surface area (Å²) in [5.41, 5.74) is 9.74. The number of ether oxygens (including phenoxy) is 1. The lowest BCUT2D eigenvalue weighted by molar-refractivity contribution is -0.121. The van der Waals surface area contributed by atoms with Crippen molar-refractivity contribution in [3.8, 4) is 5.75 Å². The number of primary amides is 1. The van der Waals surface area contributed by atoms with E-state index in [2.05, 4.69) is 10.5 Å². The fraction of sp³-hybridized carbons (Fsp3) is 0.160. The second kappa shape index (κ2) is 11.9. The number of nitrogens with zero attached hydrogens (tertiary/aromatic N) is 2. The van der Waals surface area contributed by atoms with Gasteiger partial charge in [-0.1, -0.05) is 48.0 Å². The molecular weight excluding hydrogens is 468 g/mol. The minimum Gasteiger partial charge on any atom is -0.484 e. The van der Waals surface area contributed by atoms with E-state index >= 15 is 0 Å². The van der Waals surface area contributed by atoms with Gasteiger partial charge in [-0.15, -0.1) is 0 Å². The van der Waals surface area contributed by atoms with Gasteiger partial charge in [0.15, 0.2) is 6.61 Å². The highest BCUT2D eigenvalue weighted by molar-refractivity contribution is 7.89. The van der Waals surface area contributed by atoms with E-state index in [1.165, 1.54) is 18.3 Å². The number of nitrogens with one attached hydrogen (secondary N) is 1. The number of hydrogen-bond donors (Lipinski definition) is 2. The first-order valence-electron chi connectivity index (χ1n) is 10.7. The van der Waals surface area contributed by atoms with Crippen LogP contribution in [0.2, 0.25) is 0 Å². The van der Waals surface area contributed by atoms with E-state index in [0.29, 0.717) is 11.3 Å². The molecule has 3 aromatic rings. The Balaban J connectivity index is 1.68. The smallest absolute Gasteiger partial charge is 0.255 e. The third kappa shape index (κ3) is 7.76. The number of hydrazone groups is 1. The van der Waals surface area contributed by atoms with Crippen LogP contribution in [-0.4, -0.2) is 43.9 Å². The Morgan fingerprint density at radius 1 is 1.00 bits per heavy atom. The zero-order valence-electron chi connectivity index (χ0n) is 19.1. The average Bonchev–Trinajstić information content (AvgIpc) is 2.84. The van der Waals surface area contributed by atoms with Crippen molar-refractivity contribution < 1.29 is 22.7 Å². The lowest BCUT2D eigenvalue weighted by atomic mass is 10.2. The standard InChI is InChI=1S/C25H26N4O5S/c1-19-7-13-23(14-8-19)35(32,33)29(16-21-5-3-2-4-6-21)17-25(31)28-27-15-20-9-11-22(12-10-20)34-18-24(26)30/h2-15H,16-18H2,1H3,(H2,26,30)(H,28,31). The van der Waals surface area contributed by atoms with Crippen LogP contribution in [0.5, 0.6) is 5.75 Å². The van der Waals surface area contributed by atoms with Gasteiger partial charge in [0.05, 0.1) is 17.7 Å². The van der Waals surface area contributed by atoms with Gasteiger partial charge in [-0.2, -0.15) is 9.41 Å². The van der Waals surface area contributed by atoms with Gasteiger partial charge in [0.2, 0.25) is 10.0 Å². The molecule has 3 aromatic carbocycles. The first-order chi connectivity index (χ1) is 16.7. The summed E-state index contributed by atoms with van der Waals surface area (Å²) in [6.07, 6.45) is 1.41. The number of hydrogen-bond acceptors (Lipinski definition) is 6. The van der Waals surface area contributed by atoms with E-state index in [1.54, 1.807) is 60.7 Å². The Labute approximate surface area is 204 Å². The molecule has 3 rings (SSSR count). The van der Waals surface area contributed by atoms with Gasteiger partial charge >= 0.3 is 0 Å². The van der Waals surface area contributed by atoms with Crippen molar-refractivity contribution in [2.75, 3.05) is 13.2 Å². The third-order valence-corrected chi connectivity index (χ3v) is 6.65. The van der Waals surface area contributed by atoms with Crippen LogP contribution in [0.15, 0.2) is 88.9 Å². The van der Waals surface area contributed by atoms with Gasteiger partial charge in [0, 0.05) is 6.54 Å². The molecule has 10 heteroatoms. The Morgan fingerprint density at radius 3 is 2.29 bits per heavy atom. The molecular formula is C25H26N4O5S. The number of sulfonamides is 1. The van der Waals surface area contributed by atoms with Crippen LogP contribution < -0.4 is 15.9 Å². The van der Waals surface area contributed by atoms with Crippen molar-refractivity contribution in [2.24, 2.45) is 10.8 Å². The maximum absolute atomic E-state index is 13.3. The molecule has 2 amide bonds. The van der Waals surface area contributed by atoms with Crippen molar-refractivity contribution in [1.29, 1.82) is 0 Å². The number of carbonyl (C=O) groups excluding carboxylic acids is 2. The predicted molar refractivity (Wildman–Crippen MR) is 132 cm³/mol. The summed E-state index contributed by atoms with van der Waals surface area (Å²) < 4.78 is 32.8. The normalized spacial score (nSPS) is 11.5. The molecule has 0 bridgehead atoms. The summed E-state index contributed by atoms with van der Waals surface area (Å²) >= 11 is 0. The molecule has 0 radical (unpaired) electrons. The molecule has 0 fully saturated rings. The lowest BCUT2D eigenvalue weighted by Crippen LogP contribution is -2.39. The molecule has 0 unspecified atom stereocenters. The van der Waals surface area contributed by atoms with E-state index in [4.69, 9.17) is 10.5 Å². The molecule has 0 atom stereocenters. The predicted octanol–water partition coefficient (Wildman–Crippen LogP) is 2.20. The summed E-state index contributed by atoms with van der Waals surface area (Å²) in [4.78, 5) is 23.5. The van der Waals surface area contributed by atoms with Crippen LogP contribution in [-0.2, 0) is 26.2 Å². The monoisotopic (exact) mass is 494 g/mol. The van der Waals surface area contributed by atoms with Crippen molar-refractivity contribution in [2.45, 2.75) is 18.4 Å². The van der Waals surface area contributed by atoms with Gasteiger partial charge in [-0.25, -0.2) is 13.8 Å². The van der Waals surface area contributed by atoms with Crippen LogP contribution in [0.25, 0.3) is 0 Å². The Kier molecular flexibility index (Phi) is 8.71. The molecule has 0 aromatic heterocycles. The zero-order valence-corrected chi connectivity index (χ0v) is 19.9. The molecule has 0 spiro atoms. The minimum atomic E-state index is -3.93. The SMILES string of the molecule is Cc1ccc(S(=O)(=O)N(CC(=O)NN=Cc2ccc(OCC(N)=O)cc2)Cc2ccccc2)cc1. The molecule has 9 nitrogen and oxygen atoms in total. The highest BCUT2D eigenvalue weighted by Crippen LogP contribution is 2.19. The molecule has 0 aliphatic rings. The summed E-state index contributed by atoms with van der Waals surface area (Å²) in [6, 6.07) is 22.1. The topological polar surface area (TPSA) is 131 Å². The second-order valence-electron chi connectivity index (χ2n) is 7.69. The number of benzene rings is 3. The van der Waals surface area contributed by atoms with Gasteiger partial charge < -0.3 is 10.5 Å². The second-order valence-corrected chi connectivity index (χ2v) is 9.63. The molecule has 3 N–H and O–H groups in total. The van der Waals surface area contributed by atoms with E-state index in [-0.39, 0.29) is 18.0 Å². The first kappa shape index (κ1) is 25.6. The number of amides is 2. The van der Waals surface area contributed by atoms with E-state index in [0.717, 1.165) is 15.4 Å². The van der Waals surface area contributed by atoms with Gasteiger partial charge in [-0.05, 0) is 54.4 Å². The zero-order chi connectivity index (χ0) is 25.3. The molecule has 0 heterocycles. The fourth-order valence-electron chi connectivity index (χ4n) is 3.05. The molecule has 35 heavy (non-hydrogen) atoms. The lowest BCUT2D eigenvalue weighted by Gasteiger charge is -2.21. The largest absolute Gasteiger partial charge is 0.484 e. The molecule has 0 saturated heterocycles. The average molecular weight is 495 g/mol. The third-order valence-electron chi connectivity index (χ3n) is 4.84. The highest BCUT2D eigenvalue weighted by Gasteiger charge is 2.26. The maximum atomic E-state index is 13.3. The number of aryl methyl sites for hydroxylation is 1. The van der Waals surface area contributed by atoms with Gasteiger partial charge in [0.1, 0.15) is 5.75 Å². The van der Waals surface area contributed by atoms with E-state index in [9.17, 15) is 18.0 Å². The molecule has 0 saturated carbocycles. The molecule has 0 aliphatic heterocycles. The summed E-state index contributed by atoms with van der Waals surface area (Å²) in [5, 5.41) is 3.91. The van der Waals surface area contributed by atoms with Crippen molar-refractivity contribution in [1.82, 2.24) is 9.73 Å². The first-order valence-corrected chi connectivity index (χ1v) is 12.1. The Hall–Kier alpha value is -4.02. The van der Waals surface area contributed by atoms with Crippen LogP contribution in [0, 0.1) is 6.92 Å². The summed E-state index contributed by atoms with van der Waals surface area (Å²) in [5.74, 6) is -0.707. The van der Waals surface area contributed by atoms with Gasteiger partial charge in [0.25, 0.3) is 11.8 Å². The number of nitrogens with two attached hydrogens (primary N) is 1. The highest BCUT2D eigenvalue weighted by atomic mass is 32.2. The minimum absolute atomic E-state index is 0.0287. The summed E-state index contributed by atoms with van der Waals surface area (Å²) in [6.45, 7) is 1.25. The fourth-order valence-corrected chi connectivity index (χ4v) is 4.44. The van der Waals surface area contributed by atoms with Crippen LogP contribution in [0.1, 0.15) is 16.7 Å².